The Hall–Kier alpha value is -1.42. The molecule has 2 rings (SSSR count). The summed E-state index contributed by atoms with van der Waals surface area (Å²) in [6.07, 6.45) is 7.38. The molecule has 19 heavy (non-hydrogen) atoms. The lowest BCUT2D eigenvalue weighted by Gasteiger charge is -2.37. The van der Waals surface area contributed by atoms with Crippen LogP contribution in [0.1, 0.15) is 38.2 Å². The van der Waals surface area contributed by atoms with Crippen molar-refractivity contribution in [3.05, 3.63) is 24.0 Å². The van der Waals surface area contributed by atoms with Crippen LogP contribution in [0.4, 0.5) is 5.69 Å². The molecule has 3 N–H and O–H groups in total. The number of aromatic nitrogens is 1. The van der Waals surface area contributed by atoms with Crippen molar-refractivity contribution in [2.45, 2.75) is 39.5 Å². The summed E-state index contributed by atoms with van der Waals surface area (Å²) in [6.45, 7) is 4.62. The molecule has 1 aromatic rings. The number of pyridine rings is 1. The second kappa shape index (κ2) is 5.70. The molecule has 1 heterocycles. The number of amides is 1. The molecular formula is C15H23N3O. The average Bonchev–Trinajstić information content (AvgIpc) is 2.40. The van der Waals surface area contributed by atoms with Gasteiger partial charge in [0.1, 0.15) is 0 Å². The first-order valence-electron chi connectivity index (χ1n) is 6.99. The lowest BCUT2D eigenvalue weighted by molar-refractivity contribution is -0.127. The molecule has 0 atom stereocenters. The highest BCUT2D eigenvalue weighted by Gasteiger charge is 2.39. The third-order valence-corrected chi connectivity index (χ3v) is 4.24. The Kier molecular flexibility index (Phi) is 4.20. The predicted molar refractivity (Wildman–Crippen MR) is 76.7 cm³/mol. The van der Waals surface area contributed by atoms with Crippen molar-refractivity contribution >= 4 is 11.6 Å². The summed E-state index contributed by atoms with van der Waals surface area (Å²) in [5.41, 5.74) is 7.30. The SMILES string of the molecule is Cc1cncc(NC(=O)C2(CN)CCC(C)CC2)c1. The second-order valence-electron chi connectivity index (χ2n) is 5.87. The Morgan fingerprint density at radius 2 is 2.16 bits per heavy atom. The van der Waals surface area contributed by atoms with E-state index in [9.17, 15) is 4.79 Å². The van der Waals surface area contributed by atoms with E-state index in [0.717, 1.165) is 36.9 Å². The Bertz CT molecular complexity index is 450. The molecule has 0 saturated heterocycles. The van der Waals surface area contributed by atoms with Crippen molar-refractivity contribution < 1.29 is 4.79 Å². The van der Waals surface area contributed by atoms with Gasteiger partial charge in [0.05, 0.1) is 17.3 Å². The molecule has 4 nitrogen and oxygen atoms in total. The van der Waals surface area contributed by atoms with Gasteiger partial charge < -0.3 is 11.1 Å². The lowest BCUT2D eigenvalue weighted by Crippen LogP contribution is -2.44. The van der Waals surface area contributed by atoms with Gasteiger partial charge in [-0.05, 0) is 50.2 Å². The second-order valence-corrected chi connectivity index (χ2v) is 5.87. The predicted octanol–water partition coefficient (Wildman–Crippen LogP) is 2.48. The average molecular weight is 261 g/mol. The highest BCUT2D eigenvalue weighted by molar-refractivity contribution is 5.95. The van der Waals surface area contributed by atoms with Gasteiger partial charge in [0.25, 0.3) is 0 Å². The highest BCUT2D eigenvalue weighted by atomic mass is 16.2. The maximum absolute atomic E-state index is 12.5. The molecule has 104 valence electrons. The van der Waals surface area contributed by atoms with E-state index in [1.54, 1.807) is 12.4 Å². The van der Waals surface area contributed by atoms with E-state index in [1.807, 2.05) is 13.0 Å². The fraction of sp³-hybridized carbons (Fsp3) is 0.600. The Morgan fingerprint density at radius 1 is 1.47 bits per heavy atom. The number of hydrogen-bond donors (Lipinski definition) is 2. The molecular weight excluding hydrogens is 238 g/mol. The van der Waals surface area contributed by atoms with Gasteiger partial charge in [0.2, 0.25) is 5.91 Å². The summed E-state index contributed by atoms with van der Waals surface area (Å²) < 4.78 is 0. The summed E-state index contributed by atoms with van der Waals surface area (Å²) >= 11 is 0. The number of nitrogens with zero attached hydrogens (tertiary/aromatic N) is 1. The zero-order chi connectivity index (χ0) is 13.9. The molecule has 0 radical (unpaired) electrons. The maximum Gasteiger partial charge on any atom is 0.231 e. The fourth-order valence-electron chi connectivity index (χ4n) is 2.73. The number of rotatable bonds is 3. The van der Waals surface area contributed by atoms with Crippen LogP contribution in [0.3, 0.4) is 0 Å². The summed E-state index contributed by atoms with van der Waals surface area (Å²) in [7, 11) is 0. The zero-order valence-corrected chi connectivity index (χ0v) is 11.8. The van der Waals surface area contributed by atoms with Crippen LogP contribution in [-0.4, -0.2) is 17.4 Å². The molecule has 0 aliphatic heterocycles. The van der Waals surface area contributed by atoms with Crippen molar-refractivity contribution in [3.8, 4) is 0 Å². The summed E-state index contributed by atoms with van der Waals surface area (Å²) in [5.74, 6) is 0.752. The molecule has 0 unspecified atom stereocenters. The molecule has 1 fully saturated rings. The third kappa shape index (κ3) is 3.13. The van der Waals surface area contributed by atoms with E-state index >= 15 is 0 Å². The van der Waals surface area contributed by atoms with Crippen molar-refractivity contribution in [2.75, 3.05) is 11.9 Å². The number of carbonyl (C=O) groups is 1. The van der Waals surface area contributed by atoms with E-state index in [-0.39, 0.29) is 5.91 Å². The van der Waals surface area contributed by atoms with Crippen LogP contribution in [0, 0.1) is 18.3 Å². The van der Waals surface area contributed by atoms with Crippen LogP contribution in [-0.2, 0) is 4.79 Å². The fourth-order valence-corrected chi connectivity index (χ4v) is 2.73. The van der Waals surface area contributed by atoms with E-state index in [0.29, 0.717) is 12.5 Å². The van der Waals surface area contributed by atoms with E-state index < -0.39 is 5.41 Å². The van der Waals surface area contributed by atoms with Crippen LogP contribution in [0.2, 0.25) is 0 Å². The van der Waals surface area contributed by atoms with Crippen molar-refractivity contribution in [2.24, 2.45) is 17.1 Å². The Labute approximate surface area is 114 Å². The smallest absolute Gasteiger partial charge is 0.231 e. The molecule has 1 aliphatic carbocycles. The molecule has 4 heteroatoms. The van der Waals surface area contributed by atoms with Gasteiger partial charge in [-0.1, -0.05) is 6.92 Å². The van der Waals surface area contributed by atoms with Gasteiger partial charge in [-0.3, -0.25) is 9.78 Å². The topological polar surface area (TPSA) is 68.0 Å². The van der Waals surface area contributed by atoms with Gasteiger partial charge in [-0.2, -0.15) is 0 Å². The highest BCUT2D eigenvalue weighted by Crippen LogP contribution is 2.39. The zero-order valence-electron chi connectivity index (χ0n) is 11.8. The summed E-state index contributed by atoms with van der Waals surface area (Å²) in [6, 6.07) is 1.93. The molecule has 1 aromatic heterocycles. The largest absolute Gasteiger partial charge is 0.329 e. The Balaban J connectivity index is 2.09. The molecule has 1 saturated carbocycles. The van der Waals surface area contributed by atoms with E-state index in [2.05, 4.69) is 17.2 Å². The van der Waals surface area contributed by atoms with Crippen LogP contribution in [0.25, 0.3) is 0 Å². The van der Waals surface area contributed by atoms with E-state index in [1.165, 1.54) is 0 Å². The normalized spacial score (nSPS) is 27.0. The first-order valence-corrected chi connectivity index (χ1v) is 6.99. The van der Waals surface area contributed by atoms with Crippen LogP contribution in [0.15, 0.2) is 18.5 Å². The number of carbonyl (C=O) groups excluding carboxylic acids is 1. The molecule has 1 amide bonds. The monoisotopic (exact) mass is 261 g/mol. The molecule has 0 spiro atoms. The standard InChI is InChI=1S/C15H23N3O/c1-11-3-5-15(10-16,6-4-11)14(19)18-13-7-12(2)8-17-9-13/h7-9,11H,3-6,10,16H2,1-2H3,(H,18,19). The number of nitrogens with two attached hydrogens (primary N) is 1. The number of anilines is 1. The van der Waals surface area contributed by atoms with Crippen molar-refractivity contribution in [1.82, 2.24) is 4.98 Å². The molecule has 1 aliphatic rings. The van der Waals surface area contributed by atoms with Crippen molar-refractivity contribution in [3.63, 3.8) is 0 Å². The van der Waals surface area contributed by atoms with Crippen LogP contribution >= 0.6 is 0 Å². The number of nitrogens with one attached hydrogen (secondary N) is 1. The molecule has 0 aromatic carbocycles. The van der Waals surface area contributed by atoms with Crippen molar-refractivity contribution in [1.29, 1.82) is 0 Å². The maximum atomic E-state index is 12.5. The van der Waals surface area contributed by atoms with Crippen LogP contribution in [0.5, 0.6) is 0 Å². The van der Waals surface area contributed by atoms with Gasteiger partial charge in [-0.15, -0.1) is 0 Å². The number of aryl methyl sites for hydroxylation is 1. The van der Waals surface area contributed by atoms with Gasteiger partial charge in [-0.25, -0.2) is 0 Å². The van der Waals surface area contributed by atoms with E-state index in [4.69, 9.17) is 5.73 Å². The minimum Gasteiger partial charge on any atom is -0.329 e. The lowest BCUT2D eigenvalue weighted by atomic mass is 9.70. The third-order valence-electron chi connectivity index (χ3n) is 4.24. The number of hydrogen-bond acceptors (Lipinski definition) is 3. The first kappa shape index (κ1) is 14.0. The summed E-state index contributed by atoms with van der Waals surface area (Å²) in [4.78, 5) is 16.6. The first-order chi connectivity index (χ1) is 9.05. The summed E-state index contributed by atoms with van der Waals surface area (Å²) in [5, 5.41) is 2.98. The Morgan fingerprint density at radius 3 is 2.74 bits per heavy atom. The quantitative estimate of drug-likeness (QED) is 0.878. The molecule has 0 bridgehead atoms. The van der Waals surface area contributed by atoms with Gasteiger partial charge in [0, 0.05) is 12.7 Å². The minimum absolute atomic E-state index is 0.0503. The van der Waals surface area contributed by atoms with Gasteiger partial charge >= 0.3 is 0 Å². The van der Waals surface area contributed by atoms with Gasteiger partial charge in [0.15, 0.2) is 0 Å². The minimum atomic E-state index is -0.393. The van der Waals surface area contributed by atoms with Crippen LogP contribution < -0.4 is 11.1 Å².